The predicted molar refractivity (Wildman–Crippen MR) is 161 cm³/mol. The monoisotopic (exact) mass is 513 g/mol. The van der Waals surface area contributed by atoms with Crippen LogP contribution in [0.5, 0.6) is 23.0 Å². The van der Waals surface area contributed by atoms with Crippen LogP contribution in [0.1, 0.15) is 33.4 Å². The minimum absolute atomic E-state index is 0.153. The maximum Gasteiger partial charge on any atom is 0.255 e. The van der Waals surface area contributed by atoms with Crippen LogP contribution in [0, 0.1) is 41.5 Å². The van der Waals surface area contributed by atoms with E-state index in [-0.39, 0.29) is 5.56 Å². The Kier molecular flexibility index (Phi) is 5.91. The van der Waals surface area contributed by atoms with E-state index in [0.29, 0.717) is 17.1 Å². The first-order valence-corrected chi connectivity index (χ1v) is 13.2. The van der Waals surface area contributed by atoms with Crippen LogP contribution >= 0.6 is 0 Å². The van der Waals surface area contributed by atoms with Crippen LogP contribution in [0.2, 0.25) is 0 Å². The van der Waals surface area contributed by atoms with Gasteiger partial charge in [0.2, 0.25) is 0 Å². The van der Waals surface area contributed by atoms with Crippen LogP contribution in [0.4, 0.5) is 0 Å². The van der Waals surface area contributed by atoms with Gasteiger partial charge in [-0.25, -0.2) is 0 Å². The highest BCUT2D eigenvalue weighted by Gasteiger charge is 2.18. The fraction of sp³-hybridized carbons (Fsp3) is 0.171. The maximum absolute atomic E-state index is 12.8. The molecular formula is C35H31NO3. The molecule has 1 aromatic heterocycles. The minimum Gasteiger partial charge on any atom is -0.456 e. The largest absolute Gasteiger partial charge is 0.456 e. The van der Waals surface area contributed by atoms with Gasteiger partial charge in [-0.05, 0) is 88.4 Å². The van der Waals surface area contributed by atoms with Crippen molar-refractivity contribution in [2.45, 2.75) is 41.5 Å². The number of hydrogen-bond acceptors (Lipinski definition) is 3. The first-order chi connectivity index (χ1) is 18.7. The summed E-state index contributed by atoms with van der Waals surface area (Å²) < 4.78 is 13.4. The van der Waals surface area contributed by atoms with Crippen molar-refractivity contribution < 1.29 is 9.47 Å². The molecule has 1 heterocycles. The number of pyridine rings is 1. The van der Waals surface area contributed by atoms with Crippen LogP contribution in [-0.2, 0) is 0 Å². The van der Waals surface area contributed by atoms with Gasteiger partial charge in [0, 0.05) is 21.5 Å². The number of H-pyrrole nitrogens is 1. The lowest BCUT2D eigenvalue weighted by Crippen LogP contribution is -2.11. The van der Waals surface area contributed by atoms with Crippen molar-refractivity contribution in [3.05, 3.63) is 117 Å². The van der Waals surface area contributed by atoms with E-state index < -0.39 is 0 Å². The zero-order valence-electron chi connectivity index (χ0n) is 23.2. The summed E-state index contributed by atoms with van der Waals surface area (Å²) in [5, 5.41) is 5.01. The van der Waals surface area contributed by atoms with E-state index in [1.165, 1.54) is 5.56 Å². The van der Waals surface area contributed by atoms with E-state index in [1.807, 2.05) is 32.0 Å². The molecule has 5 aromatic carbocycles. The summed E-state index contributed by atoms with van der Waals surface area (Å²) in [6.07, 6.45) is 0. The Morgan fingerprint density at radius 3 is 1.90 bits per heavy atom. The Hall–Kier alpha value is -4.57. The van der Waals surface area contributed by atoms with Crippen molar-refractivity contribution in [3.63, 3.8) is 0 Å². The molecule has 39 heavy (non-hydrogen) atoms. The number of fused-ring (bicyclic) bond motifs is 3. The summed E-state index contributed by atoms with van der Waals surface area (Å²) in [4.78, 5) is 15.7. The lowest BCUT2D eigenvalue weighted by atomic mass is 10.0. The second kappa shape index (κ2) is 9.32. The van der Waals surface area contributed by atoms with Gasteiger partial charge in [-0.1, -0.05) is 59.2 Å². The van der Waals surface area contributed by atoms with Gasteiger partial charge in [0.05, 0.1) is 11.1 Å². The lowest BCUT2D eigenvalue weighted by Gasteiger charge is -2.19. The third-order valence-corrected chi connectivity index (χ3v) is 7.38. The van der Waals surface area contributed by atoms with Gasteiger partial charge in [0.15, 0.2) is 0 Å². The normalized spacial score (nSPS) is 11.4. The van der Waals surface area contributed by atoms with Gasteiger partial charge in [0.25, 0.3) is 5.56 Å². The van der Waals surface area contributed by atoms with Crippen LogP contribution < -0.4 is 15.0 Å². The smallest absolute Gasteiger partial charge is 0.255 e. The number of aryl methyl sites for hydroxylation is 5. The molecule has 0 aliphatic rings. The Labute approximate surface area is 227 Å². The van der Waals surface area contributed by atoms with Gasteiger partial charge in [0.1, 0.15) is 23.0 Å². The number of ether oxygens (including phenoxy) is 2. The molecule has 1 N–H and O–H groups in total. The molecule has 0 radical (unpaired) electrons. The van der Waals surface area contributed by atoms with E-state index >= 15 is 0 Å². The molecule has 0 aliphatic heterocycles. The molecule has 0 fully saturated rings. The van der Waals surface area contributed by atoms with E-state index in [0.717, 1.165) is 66.2 Å². The van der Waals surface area contributed by atoms with Crippen molar-refractivity contribution >= 4 is 32.4 Å². The van der Waals surface area contributed by atoms with Crippen molar-refractivity contribution in [3.8, 4) is 23.0 Å². The SMILES string of the molecule is Cc1ccc2c(Oc3c(C)cc(Oc4c(C)c(=O)[nH]c5ccc(C)cc45)c4ccc(C)cc34)cc(C)cc2c1. The van der Waals surface area contributed by atoms with Gasteiger partial charge in [-0.3, -0.25) is 4.79 Å². The van der Waals surface area contributed by atoms with Crippen LogP contribution in [0.15, 0.2) is 77.6 Å². The Bertz CT molecular complexity index is 1990. The third-order valence-electron chi connectivity index (χ3n) is 7.38. The quantitative estimate of drug-likeness (QED) is 0.256. The Balaban J connectivity index is 1.54. The predicted octanol–water partition coefficient (Wildman–Crippen LogP) is 9.27. The van der Waals surface area contributed by atoms with Crippen molar-refractivity contribution in [1.29, 1.82) is 0 Å². The molecule has 0 atom stereocenters. The first-order valence-electron chi connectivity index (χ1n) is 13.2. The van der Waals surface area contributed by atoms with E-state index in [1.54, 1.807) is 6.92 Å². The van der Waals surface area contributed by atoms with E-state index in [4.69, 9.17) is 9.47 Å². The Morgan fingerprint density at radius 2 is 1.13 bits per heavy atom. The van der Waals surface area contributed by atoms with Gasteiger partial charge in [-0.2, -0.15) is 0 Å². The van der Waals surface area contributed by atoms with Crippen molar-refractivity contribution in [1.82, 2.24) is 4.98 Å². The standard InChI is InChI=1S/C35H31NO3/c1-19-7-10-26-25(13-19)14-22(4)17-31(26)38-33-23(5)18-32(27-11-8-20(2)15-28(27)33)39-34-24(6)35(37)36-30-12-9-21(3)16-29(30)34/h7-18H,1-6H3,(H,36,37). The maximum atomic E-state index is 12.8. The summed E-state index contributed by atoms with van der Waals surface area (Å²) in [5.41, 5.74) is 6.69. The third kappa shape index (κ3) is 4.42. The molecular weight excluding hydrogens is 482 g/mol. The van der Waals surface area contributed by atoms with Crippen LogP contribution in [0.25, 0.3) is 32.4 Å². The average molecular weight is 514 g/mol. The molecule has 0 spiro atoms. The molecule has 4 heteroatoms. The van der Waals surface area contributed by atoms with Crippen LogP contribution in [0.3, 0.4) is 0 Å². The molecule has 0 aliphatic carbocycles. The number of rotatable bonds is 4. The molecule has 6 rings (SSSR count). The molecule has 194 valence electrons. The number of nitrogens with one attached hydrogen (secondary N) is 1. The van der Waals surface area contributed by atoms with Crippen LogP contribution in [-0.4, -0.2) is 4.98 Å². The molecule has 0 unspecified atom stereocenters. The second-order valence-corrected chi connectivity index (χ2v) is 10.7. The number of aromatic nitrogens is 1. The second-order valence-electron chi connectivity index (χ2n) is 10.7. The summed E-state index contributed by atoms with van der Waals surface area (Å²) >= 11 is 0. The van der Waals surface area contributed by atoms with Crippen molar-refractivity contribution in [2.24, 2.45) is 0 Å². The molecule has 4 nitrogen and oxygen atoms in total. The highest BCUT2D eigenvalue weighted by atomic mass is 16.5. The fourth-order valence-corrected chi connectivity index (χ4v) is 5.34. The molecule has 0 amide bonds. The summed E-state index contributed by atoms with van der Waals surface area (Å²) in [7, 11) is 0. The Morgan fingerprint density at radius 1 is 0.538 bits per heavy atom. The van der Waals surface area contributed by atoms with Gasteiger partial charge in [-0.15, -0.1) is 0 Å². The molecule has 0 bridgehead atoms. The summed E-state index contributed by atoms with van der Waals surface area (Å²) in [6, 6.07) is 25.0. The average Bonchev–Trinajstić information content (AvgIpc) is 2.88. The lowest BCUT2D eigenvalue weighted by molar-refractivity contribution is 0.477. The number of benzene rings is 5. The first kappa shape index (κ1) is 24.7. The van der Waals surface area contributed by atoms with Gasteiger partial charge < -0.3 is 14.5 Å². The minimum atomic E-state index is -0.153. The summed E-state index contributed by atoms with van der Waals surface area (Å²) in [5.74, 6) is 2.90. The fourth-order valence-electron chi connectivity index (χ4n) is 5.34. The van der Waals surface area contributed by atoms with E-state index in [9.17, 15) is 4.79 Å². The zero-order chi connectivity index (χ0) is 27.4. The number of aromatic amines is 1. The molecule has 0 saturated heterocycles. The molecule has 0 saturated carbocycles. The topological polar surface area (TPSA) is 51.3 Å². The van der Waals surface area contributed by atoms with E-state index in [2.05, 4.69) is 80.4 Å². The highest BCUT2D eigenvalue weighted by Crippen LogP contribution is 2.43. The summed E-state index contributed by atoms with van der Waals surface area (Å²) in [6.45, 7) is 12.2. The highest BCUT2D eigenvalue weighted by molar-refractivity contribution is 5.97. The van der Waals surface area contributed by atoms with Gasteiger partial charge >= 0.3 is 0 Å². The molecule has 6 aromatic rings. The number of hydrogen-bond donors (Lipinski definition) is 1. The zero-order valence-corrected chi connectivity index (χ0v) is 23.2. The van der Waals surface area contributed by atoms with Crippen molar-refractivity contribution in [2.75, 3.05) is 0 Å².